The number of aromatic nitrogens is 1. The molecule has 7 heteroatoms. The maximum Gasteiger partial charge on any atom is 0.260 e. The van der Waals surface area contributed by atoms with Gasteiger partial charge in [-0.05, 0) is 49.1 Å². The minimum atomic E-state index is -1.76. The van der Waals surface area contributed by atoms with Crippen LogP contribution in [0.15, 0.2) is 55.0 Å². The standard InChI is InChI=1S/C23H26F2N2O2S/c1-7-9-17(16(5)24)21(28)27-22-26-13-20(30-22)18-12-19(15(4)11-14(18)3)29-23(6,25)10-8-2/h7,9,11-13H,1,5,8,10H2,2-4,6H3,(H,26,27,28)/b17-9+. The Balaban J connectivity index is 2.31. The lowest BCUT2D eigenvalue weighted by Gasteiger charge is -2.23. The summed E-state index contributed by atoms with van der Waals surface area (Å²) in [4.78, 5) is 17.2. The van der Waals surface area contributed by atoms with E-state index in [1.165, 1.54) is 30.4 Å². The summed E-state index contributed by atoms with van der Waals surface area (Å²) in [6.07, 6.45) is 5.10. The number of ether oxygens (including phenoxy) is 1. The number of anilines is 1. The van der Waals surface area contributed by atoms with Crippen molar-refractivity contribution in [2.75, 3.05) is 5.32 Å². The van der Waals surface area contributed by atoms with Gasteiger partial charge in [0.25, 0.3) is 5.91 Å². The number of allylic oxidation sites excluding steroid dienone is 2. The minimum absolute atomic E-state index is 0.220. The summed E-state index contributed by atoms with van der Waals surface area (Å²) >= 11 is 1.22. The first-order valence-corrected chi connectivity index (χ1v) is 10.3. The lowest BCUT2D eigenvalue weighted by Crippen LogP contribution is -2.26. The molecular weight excluding hydrogens is 406 g/mol. The molecule has 1 heterocycles. The van der Waals surface area contributed by atoms with E-state index in [0.29, 0.717) is 17.3 Å². The van der Waals surface area contributed by atoms with Crippen LogP contribution in [0, 0.1) is 13.8 Å². The van der Waals surface area contributed by atoms with E-state index in [1.54, 1.807) is 12.3 Å². The highest BCUT2D eigenvalue weighted by Gasteiger charge is 2.25. The molecule has 1 unspecified atom stereocenters. The molecular formula is C23H26F2N2O2S. The Labute approximate surface area is 180 Å². The molecule has 0 bridgehead atoms. The third-order valence-electron chi connectivity index (χ3n) is 4.35. The molecule has 0 spiro atoms. The fourth-order valence-electron chi connectivity index (χ4n) is 2.96. The second-order valence-electron chi connectivity index (χ2n) is 7.09. The maximum atomic E-state index is 14.6. The van der Waals surface area contributed by atoms with Crippen molar-refractivity contribution in [3.8, 4) is 16.2 Å². The van der Waals surface area contributed by atoms with Gasteiger partial charge in [0.05, 0.1) is 10.5 Å². The first-order valence-electron chi connectivity index (χ1n) is 9.52. The number of nitrogens with zero attached hydrogens (tertiary/aromatic N) is 1. The molecule has 0 fully saturated rings. The second-order valence-corrected chi connectivity index (χ2v) is 8.12. The van der Waals surface area contributed by atoms with E-state index in [0.717, 1.165) is 21.6 Å². The van der Waals surface area contributed by atoms with E-state index in [-0.39, 0.29) is 12.0 Å². The van der Waals surface area contributed by atoms with Gasteiger partial charge in [0, 0.05) is 19.5 Å². The number of amides is 1. The van der Waals surface area contributed by atoms with Gasteiger partial charge in [-0.3, -0.25) is 10.1 Å². The number of benzene rings is 1. The van der Waals surface area contributed by atoms with Crippen LogP contribution >= 0.6 is 11.3 Å². The Morgan fingerprint density at radius 3 is 2.67 bits per heavy atom. The van der Waals surface area contributed by atoms with Crippen LogP contribution in [0.5, 0.6) is 5.75 Å². The molecule has 0 saturated carbocycles. The summed E-state index contributed by atoms with van der Waals surface area (Å²) in [5.74, 6) is -2.83. The van der Waals surface area contributed by atoms with Crippen molar-refractivity contribution in [2.45, 2.75) is 46.4 Å². The van der Waals surface area contributed by atoms with E-state index < -0.39 is 17.6 Å². The normalized spacial score (nSPS) is 13.5. The molecule has 1 aromatic heterocycles. The van der Waals surface area contributed by atoms with Crippen LogP contribution in [-0.4, -0.2) is 16.7 Å². The highest BCUT2D eigenvalue weighted by atomic mass is 32.1. The average molecular weight is 433 g/mol. The van der Waals surface area contributed by atoms with Gasteiger partial charge in [-0.25, -0.2) is 9.37 Å². The van der Waals surface area contributed by atoms with Gasteiger partial charge in [0.15, 0.2) is 5.13 Å². The molecule has 160 valence electrons. The molecule has 2 rings (SSSR count). The zero-order valence-electron chi connectivity index (χ0n) is 17.6. The predicted octanol–water partition coefficient (Wildman–Crippen LogP) is 6.83. The highest BCUT2D eigenvalue weighted by Crippen LogP contribution is 2.37. The number of hydrogen-bond donors (Lipinski definition) is 1. The average Bonchev–Trinajstić information content (AvgIpc) is 3.09. The third-order valence-corrected chi connectivity index (χ3v) is 5.30. The van der Waals surface area contributed by atoms with Crippen molar-refractivity contribution in [3.05, 3.63) is 66.2 Å². The van der Waals surface area contributed by atoms with Gasteiger partial charge in [0.2, 0.25) is 5.85 Å². The Morgan fingerprint density at radius 2 is 2.07 bits per heavy atom. The molecule has 1 atom stereocenters. The van der Waals surface area contributed by atoms with E-state index >= 15 is 0 Å². The van der Waals surface area contributed by atoms with Crippen LogP contribution in [0.4, 0.5) is 13.9 Å². The van der Waals surface area contributed by atoms with Crippen molar-refractivity contribution in [1.29, 1.82) is 0 Å². The summed E-state index contributed by atoms with van der Waals surface area (Å²) in [7, 11) is 0. The Hall–Kier alpha value is -2.80. The molecule has 4 nitrogen and oxygen atoms in total. The molecule has 1 aromatic carbocycles. The van der Waals surface area contributed by atoms with Gasteiger partial charge in [-0.15, -0.1) is 0 Å². The lowest BCUT2D eigenvalue weighted by molar-refractivity contribution is -0.112. The number of rotatable bonds is 9. The van der Waals surface area contributed by atoms with E-state index in [1.807, 2.05) is 26.8 Å². The Bertz CT molecular complexity index is 993. The first kappa shape index (κ1) is 23.5. The molecule has 1 amide bonds. The van der Waals surface area contributed by atoms with Crippen LogP contribution in [0.2, 0.25) is 0 Å². The number of hydrogen-bond acceptors (Lipinski definition) is 4. The van der Waals surface area contributed by atoms with Crippen molar-refractivity contribution < 1.29 is 18.3 Å². The molecule has 0 aliphatic carbocycles. The molecule has 0 aliphatic rings. The fraction of sp³-hybridized carbons (Fsp3) is 0.304. The van der Waals surface area contributed by atoms with Gasteiger partial charge in [-0.1, -0.05) is 43.6 Å². The maximum absolute atomic E-state index is 14.6. The summed E-state index contributed by atoms with van der Waals surface area (Å²) in [6, 6.07) is 3.70. The molecule has 0 radical (unpaired) electrons. The number of alkyl halides is 1. The second kappa shape index (κ2) is 9.80. The van der Waals surface area contributed by atoms with E-state index in [9.17, 15) is 13.6 Å². The van der Waals surface area contributed by atoms with Crippen LogP contribution < -0.4 is 10.1 Å². The molecule has 1 N–H and O–H groups in total. The van der Waals surface area contributed by atoms with Crippen LogP contribution in [-0.2, 0) is 4.79 Å². The minimum Gasteiger partial charge on any atom is -0.458 e. The number of carbonyl (C=O) groups is 1. The Morgan fingerprint density at radius 1 is 1.37 bits per heavy atom. The van der Waals surface area contributed by atoms with Crippen LogP contribution in [0.1, 0.15) is 37.8 Å². The van der Waals surface area contributed by atoms with Gasteiger partial charge < -0.3 is 4.74 Å². The van der Waals surface area contributed by atoms with E-state index in [2.05, 4.69) is 23.5 Å². The van der Waals surface area contributed by atoms with Crippen molar-refractivity contribution in [2.24, 2.45) is 0 Å². The van der Waals surface area contributed by atoms with Gasteiger partial charge in [0.1, 0.15) is 11.6 Å². The van der Waals surface area contributed by atoms with Crippen molar-refractivity contribution in [1.82, 2.24) is 4.98 Å². The van der Waals surface area contributed by atoms with Gasteiger partial charge in [-0.2, -0.15) is 4.39 Å². The molecule has 0 saturated heterocycles. The largest absolute Gasteiger partial charge is 0.458 e. The zero-order chi connectivity index (χ0) is 22.5. The zero-order valence-corrected chi connectivity index (χ0v) is 18.5. The third kappa shape index (κ3) is 5.86. The molecule has 0 aliphatic heterocycles. The Kier molecular flexibility index (Phi) is 7.67. The van der Waals surface area contributed by atoms with Gasteiger partial charge >= 0.3 is 0 Å². The number of halogens is 2. The first-order chi connectivity index (χ1) is 14.1. The van der Waals surface area contributed by atoms with E-state index in [4.69, 9.17) is 4.74 Å². The monoisotopic (exact) mass is 432 g/mol. The van der Waals surface area contributed by atoms with Crippen molar-refractivity contribution in [3.63, 3.8) is 0 Å². The molecule has 2 aromatic rings. The van der Waals surface area contributed by atoms with Crippen LogP contribution in [0.25, 0.3) is 10.4 Å². The van der Waals surface area contributed by atoms with Crippen LogP contribution in [0.3, 0.4) is 0 Å². The summed E-state index contributed by atoms with van der Waals surface area (Å²) in [6.45, 7) is 13.7. The predicted molar refractivity (Wildman–Crippen MR) is 119 cm³/mol. The number of carbonyl (C=O) groups excluding carboxylic acids is 1. The number of nitrogens with one attached hydrogen (secondary N) is 1. The summed E-state index contributed by atoms with van der Waals surface area (Å²) < 4.78 is 33.7. The SMILES string of the molecule is C=C/C=C(\C(=C)F)C(=O)Nc1ncc(-c2cc(OC(C)(F)CCC)c(C)cc2C)s1. The number of thiazole rings is 1. The highest BCUT2D eigenvalue weighted by molar-refractivity contribution is 7.19. The van der Waals surface area contributed by atoms with Crippen molar-refractivity contribution >= 4 is 22.4 Å². The number of aryl methyl sites for hydroxylation is 2. The summed E-state index contributed by atoms with van der Waals surface area (Å²) in [5.41, 5.74) is 2.39. The lowest BCUT2D eigenvalue weighted by atomic mass is 10.0. The smallest absolute Gasteiger partial charge is 0.260 e. The fourth-order valence-corrected chi connectivity index (χ4v) is 3.86. The quantitative estimate of drug-likeness (QED) is 0.349. The topological polar surface area (TPSA) is 51.2 Å². The molecule has 30 heavy (non-hydrogen) atoms. The summed E-state index contributed by atoms with van der Waals surface area (Å²) in [5, 5.41) is 2.86.